The maximum absolute atomic E-state index is 9.68. The molecule has 0 saturated carbocycles. The molecule has 1 saturated heterocycles. The van der Waals surface area contributed by atoms with Crippen molar-refractivity contribution in [3.8, 4) is 5.75 Å². The van der Waals surface area contributed by atoms with E-state index in [1.165, 1.54) is 0 Å². The van der Waals surface area contributed by atoms with Crippen molar-refractivity contribution in [1.29, 1.82) is 0 Å². The predicted octanol–water partition coefficient (Wildman–Crippen LogP) is 1.19. The highest BCUT2D eigenvalue weighted by molar-refractivity contribution is 5.57. The summed E-state index contributed by atoms with van der Waals surface area (Å²) in [5.41, 5.74) is 0.918. The van der Waals surface area contributed by atoms with Gasteiger partial charge in [-0.1, -0.05) is 12.1 Å². The van der Waals surface area contributed by atoms with Crippen LogP contribution in [0.3, 0.4) is 0 Å². The molecule has 2 N–H and O–H groups in total. The molecule has 2 rings (SSSR count). The number of aromatic hydroxyl groups is 1. The standard InChI is InChI=1S/C11H16N2O/c1-13(9-6-7-12-8-9)10-4-2-3-5-11(10)14/h2-5,9,12,14H,6-8H2,1H3. The largest absolute Gasteiger partial charge is 0.506 e. The van der Waals surface area contributed by atoms with E-state index in [1.54, 1.807) is 6.07 Å². The second-order valence-electron chi connectivity index (χ2n) is 3.75. The predicted molar refractivity (Wildman–Crippen MR) is 57.8 cm³/mol. The summed E-state index contributed by atoms with van der Waals surface area (Å²) in [7, 11) is 2.03. The number of likely N-dealkylation sites (N-methyl/N-ethyl adjacent to an activating group) is 1. The van der Waals surface area contributed by atoms with Gasteiger partial charge in [-0.25, -0.2) is 0 Å². The molecule has 1 aromatic rings. The average molecular weight is 192 g/mol. The first kappa shape index (κ1) is 9.34. The lowest BCUT2D eigenvalue weighted by Gasteiger charge is -2.26. The van der Waals surface area contributed by atoms with E-state index in [0.29, 0.717) is 11.8 Å². The molecule has 0 amide bonds. The lowest BCUT2D eigenvalue weighted by Crippen LogP contribution is -2.33. The maximum Gasteiger partial charge on any atom is 0.138 e. The topological polar surface area (TPSA) is 35.5 Å². The molecule has 14 heavy (non-hydrogen) atoms. The molecule has 1 fully saturated rings. The molecule has 0 radical (unpaired) electrons. The van der Waals surface area contributed by atoms with Crippen molar-refractivity contribution in [3.63, 3.8) is 0 Å². The van der Waals surface area contributed by atoms with E-state index in [-0.39, 0.29) is 0 Å². The summed E-state index contributed by atoms with van der Waals surface area (Å²) in [6, 6.07) is 7.98. The minimum Gasteiger partial charge on any atom is -0.506 e. The van der Waals surface area contributed by atoms with Crippen LogP contribution in [0.25, 0.3) is 0 Å². The fourth-order valence-corrected chi connectivity index (χ4v) is 1.93. The second kappa shape index (κ2) is 3.88. The van der Waals surface area contributed by atoms with Gasteiger partial charge in [0.05, 0.1) is 5.69 Å². The Hall–Kier alpha value is -1.22. The van der Waals surface area contributed by atoms with Crippen LogP contribution in [0.5, 0.6) is 5.75 Å². The molecule has 0 spiro atoms. The number of rotatable bonds is 2. The normalized spacial score (nSPS) is 21.1. The molecule has 1 aliphatic rings. The maximum atomic E-state index is 9.68. The van der Waals surface area contributed by atoms with Gasteiger partial charge in [-0.05, 0) is 25.1 Å². The average Bonchev–Trinajstić information content (AvgIpc) is 2.70. The molecule has 1 unspecified atom stereocenters. The van der Waals surface area contributed by atoms with Crippen molar-refractivity contribution >= 4 is 5.69 Å². The Morgan fingerprint density at radius 3 is 2.86 bits per heavy atom. The molecule has 0 aromatic heterocycles. The molecule has 1 heterocycles. The minimum absolute atomic E-state index is 0.363. The summed E-state index contributed by atoms with van der Waals surface area (Å²) in [5, 5.41) is 13.0. The van der Waals surface area contributed by atoms with E-state index in [2.05, 4.69) is 10.2 Å². The zero-order valence-electron chi connectivity index (χ0n) is 8.40. The number of para-hydroxylation sites is 2. The molecule has 76 valence electrons. The highest BCUT2D eigenvalue weighted by atomic mass is 16.3. The number of anilines is 1. The van der Waals surface area contributed by atoms with Crippen molar-refractivity contribution in [2.75, 3.05) is 25.0 Å². The third kappa shape index (κ3) is 1.68. The molecule has 1 atom stereocenters. The van der Waals surface area contributed by atoms with Crippen LogP contribution >= 0.6 is 0 Å². The summed E-state index contributed by atoms with van der Waals surface area (Å²) >= 11 is 0. The lowest BCUT2D eigenvalue weighted by atomic mass is 10.2. The number of nitrogens with zero attached hydrogens (tertiary/aromatic N) is 1. The van der Waals surface area contributed by atoms with Crippen LogP contribution < -0.4 is 10.2 Å². The van der Waals surface area contributed by atoms with Crippen LogP contribution in [-0.2, 0) is 0 Å². The van der Waals surface area contributed by atoms with Gasteiger partial charge in [-0.15, -0.1) is 0 Å². The van der Waals surface area contributed by atoms with E-state index in [4.69, 9.17) is 0 Å². The molecule has 3 nitrogen and oxygen atoms in total. The van der Waals surface area contributed by atoms with E-state index in [0.717, 1.165) is 25.2 Å². The van der Waals surface area contributed by atoms with Gasteiger partial charge in [0.1, 0.15) is 5.75 Å². The number of benzene rings is 1. The molecule has 1 aliphatic heterocycles. The first-order valence-corrected chi connectivity index (χ1v) is 5.00. The van der Waals surface area contributed by atoms with Gasteiger partial charge in [0.15, 0.2) is 0 Å². The number of hydrogen-bond acceptors (Lipinski definition) is 3. The van der Waals surface area contributed by atoms with Crippen LogP contribution in [0.1, 0.15) is 6.42 Å². The molecule has 0 aliphatic carbocycles. The molecule has 3 heteroatoms. The Balaban J connectivity index is 2.17. The summed E-state index contributed by atoms with van der Waals surface area (Å²) in [4.78, 5) is 2.15. The first-order chi connectivity index (χ1) is 6.79. The Bertz CT molecular complexity index is 308. The fourth-order valence-electron chi connectivity index (χ4n) is 1.93. The van der Waals surface area contributed by atoms with Gasteiger partial charge in [-0.2, -0.15) is 0 Å². The lowest BCUT2D eigenvalue weighted by molar-refractivity contribution is 0.472. The Morgan fingerprint density at radius 1 is 1.43 bits per heavy atom. The van der Waals surface area contributed by atoms with Gasteiger partial charge in [-0.3, -0.25) is 0 Å². The molecular formula is C11H16N2O. The Kier molecular flexibility index (Phi) is 2.59. The van der Waals surface area contributed by atoms with E-state index in [1.807, 2.05) is 25.2 Å². The highest BCUT2D eigenvalue weighted by Crippen LogP contribution is 2.27. The van der Waals surface area contributed by atoms with Gasteiger partial charge in [0, 0.05) is 19.6 Å². The molecule has 1 aromatic carbocycles. The van der Waals surface area contributed by atoms with Crippen molar-refractivity contribution in [1.82, 2.24) is 5.32 Å². The van der Waals surface area contributed by atoms with Crippen molar-refractivity contribution in [3.05, 3.63) is 24.3 Å². The summed E-state index contributed by atoms with van der Waals surface area (Å²) in [5.74, 6) is 0.363. The number of phenols is 1. The Labute approximate surface area is 84.4 Å². The zero-order valence-corrected chi connectivity index (χ0v) is 8.40. The van der Waals surface area contributed by atoms with Gasteiger partial charge in [0.2, 0.25) is 0 Å². The van der Waals surface area contributed by atoms with Gasteiger partial charge in [0.25, 0.3) is 0 Å². The SMILES string of the molecule is CN(c1ccccc1O)C1CCNC1. The minimum atomic E-state index is 0.363. The number of phenolic OH excluding ortho intramolecular Hbond substituents is 1. The monoisotopic (exact) mass is 192 g/mol. The summed E-state index contributed by atoms with van der Waals surface area (Å²) in [6.07, 6.45) is 1.14. The van der Waals surface area contributed by atoms with E-state index in [9.17, 15) is 5.11 Å². The van der Waals surface area contributed by atoms with E-state index >= 15 is 0 Å². The van der Waals surface area contributed by atoms with Crippen LogP contribution in [0.2, 0.25) is 0 Å². The van der Waals surface area contributed by atoms with Crippen molar-refractivity contribution in [2.24, 2.45) is 0 Å². The third-order valence-corrected chi connectivity index (χ3v) is 2.84. The molecular weight excluding hydrogens is 176 g/mol. The van der Waals surface area contributed by atoms with Gasteiger partial charge >= 0.3 is 0 Å². The zero-order chi connectivity index (χ0) is 9.97. The third-order valence-electron chi connectivity index (χ3n) is 2.84. The second-order valence-corrected chi connectivity index (χ2v) is 3.75. The van der Waals surface area contributed by atoms with Crippen molar-refractivity contribution in [2.45, 2.75) is 12.5 Å². The first-order valence-electron chi connectivity index (χ1n) is 5.00. The van der Waals surface area contributed by atoms with Crippen molar-refractivity contribution < 1.29 is 5.11 Å². The van der Waals surface area contributed by atoms with E-state index < -0.39 is 0 Å². The summed E-state index contributed by atoms with van der Waals surface area (Å²) < 4.78 is 0. The van der Waals surface area contributed by atoms with Gasteiger partial charge < -0.3 is 15.3 Å². The van der Waals surface area contributed by atoms with Crippen LogP contribution in [0.15, 0.2) is 24.3 Å². The van der Waals surface area contributed by atoms with Crippen LogP contribution in [0.4, 0.5) is 5.69 Å². The summed E-state index contributed by atoms with van der Waals surface area (Å²) in [6.45, 7) is 2.08. The quantitative estimate of drug-likeness (QED) is 0.739. The van der Waals surface area contributed by atoms with Crippen LogP contribution in [0, 0.1) is 0 Å². The Morgan fingerprint density at radius 2 is 2.21 bits per heavy atom. The highest BCUT2D eigenvalue weighted by Gasteiger charge is 2.20. The fraction of sp³-hybridized carbons (Fsp3) is 0.455. The van der Waals surface area contributed by atoms with Crippen LogP contribution in [-0.4, -0.2) is 31.3 Å². The smallest absolute Gasteiger partial charge is 0.138 e. The number of nitrogens with one attached hydrogen (secondary N) is 1. The number of hydrogen-bond donors (Lipinski definition) is 2. The molecule has 0 bridgehead atoms.